The number of fused-ring (bicyclic) bond motifs is 1. The molecule has 9 nitrogen and oxygen atoms in total. The van der Waals surface area contributed by atoms with Crippen molar-refractivity contribution in [2.24, 2.45) is 0 Å². The summed E-state index contributed by atoms with van der Waals surface area (Å²) in [5, 5.41) is 9.78. The van der Waals surface area contributed by atoms with Crippen molar-refractivity contribution in [1.29, 1.82) is 0 Å². The normalized spacial score (nSPS) is 18.9. The third-order valence-electron chi connectivity index (χ3n) is 7.49. The Balaban J connectivity index is 1.29. The standard InChI is InChI=1S/C26H26F3N5O4S/c1-17-16-23(32-38-17)34-24-20(6-7-21(30-24)18-2-4-19(5-3-18)37-26(27,28)29)22(31-34)8-9-25(10-11-25)33-12-14-39(35,36)15-13-33/h2-7,16H,8-15H2,1H3. The first-order chi connectivity index (χ1) is 18.5. The maximum absolute atomic E-state index is 12.5. The second-order valence-electron chi connectivity index (χ2n) is 10.2. The van der Waals surface area contributed by atoms with Crippen molar-refractivity contribution in [3.63, 3.8) is 0 Å². The van der Waals surface area contributed by atoms with Crippen molar-refractivity contribution in [3.8, 4) is 22.8 Å². The SMILES string of the molecule is Cc1cc(-n2nc(CCC3(N4CCS(=O)(=O)CC4)CC3)c3ccc(-c4ccc(OC(F)(F)F)cc4)nc32)no1. The Morgan fingerprint density at radius 1 is 1.08 bits per heavy atom. The molecule has 4 heterocycles. The fourth-order valence-corrected chi connectivity index (χ4v) is 6.45. The highest BCUT2D eigenvalue weighted by molar-refractivity contribution is 7.91. The molecule has 1 saturated carbocycles. The maximum atomic E-state index is 12.5. The lowest BCUT2D eigenvalue weighted by Gasteiger charge is -2.34. The summed E-state index contributed by atoms with van der Waals surface area (Å²) in [6.07, 6.45) is -1.18. The van der Waals surface area contributed by atoms with Gasteiger partial charge in [0.2, 0.25) is 0 Å². The first kappa shape index (κ1) is 25.8. The molecule has 1 aliphatic heterocycles. The van der Waals surface area contributed by atoms with Crippen LogP contribution in [-0.4, -0.2) is 69.7 Å². The van der Waals surface area contributed by atoms with Gasteiger partial charge in [-0.1, -0.05) is 5.16 Å². The van der Waals surface area contributed by atoms with E-state index in [0.29, 0.717) is 48.0 Å². The molecule has 0 N–H and O–H groups in total. The van der Waals surface area contributed by atoms with Crippen molar-refractivity contribution in [2.45, 2.75) is 44.5 Å². The summed E-state index contributed by atoms with van der Waals surface area (Å²) in [6, 6.07) is 11.0. The Kier molecular flexibility index (Phi) is 6.18. The number of ether oxygens (including phenoxy) is 1. The van der Waals surface area contributed by atoms with Crippen LogP contribution in [0.5, 0.6) is 5.75 Å². The highest BCUT2D eigenvalue weighted by Crippen LogP contribution is 2.46. The number of pyridine rings is 1. The van der Waals surface area contributed by atoms with Gasteiger partial charge in [0.25, 0.3) is 0 Å². The van der Waals surface area contributed by atoms with Crippen molar-refractivity contribution in [1.82, 2.24) is 24.8 Å². The van der Waals surface area contributed by atoms with Crippen LogP contribution in [0, 0.1) is 6.92 Å². The molecule has 3 aromatic heterocycles. The van der Waals surface area contributed by atoms with Gasteiger partial charge in [-0.25, -0.2) is 13.4 Å². The predicted molar refractivity (Wildman–Crippen MR) is 136 cm³/mol. The number of halogens is 3. The Morgan fingerprint density at radius 3 is 2.41 bits per heavy atom. The minimum absolute atomic E-state index is 0.00409. The van der Waals surface area contributed by atoms with Crippen LogP contribution in [0.4, 0.5) is 13.2 Å². The monoisotopic (exact) mass is 561 g/mol. The number of hydrogen-bond donors (Lipinski definition) is 0. The smallest absolute Gasteiger partial charge is 0.406 e. The van der Waals surface area contributed by atoms with Crippen LogP contribution in [-0.2, 0) is 16.3 Å². The van der Waals surface area contributed by atoms with Gasteiger partial charge in [0.15, 0.2) is 21.3 Å². The summed E-state index contributed by atoms with van der Waals surface area (Å²) in [7, 11) is -2.95. The number of benzene rings is 1. The van der Waals surface area contributed by atoms with Gasteiger partial charge in [0.1, 0.15) is 11.5 Å². The summed E-state index contributed by atoms with van der Waals surface area (Å²) < 4.78 is 72.3. The Hall–Kier alpha value is -3.45. The number of aromatic nitrogens is 4. The summed E-state index contributed by atoms with van der Waals surface area (Å²) in [5.41, 5.74) is 2.58. The number of sulfone groups is 1. The average molecular weight is 562 g/mol. The molecule has 0 atom stereocenters. The van der Waals surface area contributed by atoms with E-state index in [-0.39, 0.29) is 22.8 Å². The van der Waals surface area contributed by atoms with E-state index in [1.165, 1.54) is 24.3 Å². The van der Waals surface area contributed by atoms with Crippen LogP contribution in [0.15, 0.2) is 47.0 Å². The van der Waals surface area contributed by atoms with E-state index in [0.717, 1.165) is 30.3 Å². The fraction of sp³-hybridized carbons (Fsp3) is 0.423. The highest BCUT2D eigenvalue weighted by Gasteiger charge is 2.48. The molecular weight excluding hydrogens is 535 g/mol. The van der Waals surface area contributed by atoms with Crippen molar-refractivity contribution in [2.75, 3.05) is 24.6 Å². The van der Waals surface area contributed by atoms with Crippen molar-refractivity contribution < 1.29 is 30.8 Å². The van der Waals surface area contributed by atoms with Crippen LogP contribution in [0.2, 0.25) is 0 Å². The van der Waals surface area contributed by atoms with Crippen LogP contribution >= 0.6 is 0 Å². The van der Waals surface area contributed by atoms with Gasteiger partial charge in [-0.3, -0.25) is 4.90 Å². The average Bonchev–Trinajstić information content (AvgIpc) is 3.40. The molecule has 1 saturated heterocycles. The van der Waals surface area contributed by atoms with Gasteiger partial charge < -0.3 is 9.26 Å². The maximum Gasteiger partial charge on any atom is 0.573 e. The molecule has 206 valence electrons. The summed E-state index contributed by atoms with van der Waals surface area (Å²) in [6.45, 7) is 2.91. The number of alkyl halides is 3. The molecule has 0 radical (unpaired) electrons. The summed E-state index contributed by atoms with van der Waals surface area (Å²) >= 11 is 0. The summed E-state index contributed by atoms with van der Waals surface area (Å²) in [5.74, 6) is 1.19. The molecule has 1 aromatic carbocycles. The lowest BCUT2D eigenvalue weighted by molar-refractivity contribution is -0.274. The van der Waals surface area contributed by atoms with E-state index < -0.39 is 16.2 Å². The van der Waals surface area contributed by atoms with Gasteiger partial charge in [-0.2, -0.15) is 9.78 Å². The van der Waals surface area contributed by atoms with Crippen LogP contribution < -0.4 is 4.74 Å². The zero-order valence-corrected chi connectivity index (χ0v) is 21.9. The number of rotatable bonds is 7. The third-order valence-corrected chi connectivity index (χ3v) is 9.10. The zero-order chi connectivity index (χ0) is 27.4. The van der Waals surface area contributed by atoms with Gasteiger partial charge in [-0.05, 0) is 69.0 Å². The lowest BCUT2D eigenvalue weighted by atomic mass is 10.0. The minimum atomic E-state index is -4.76. The zero-order valence-electron chi connectivity index (χ0n) is 21.1. The lowest BCUT2D eigenvalue weighted by Crippen LogP contribution is -2.47. The van der Waals surface area contributed by atoms with E-state index >= 15 is 0 Å². The molecule has 1 aliphatic carbocycles. The highest BCUT2D eigenvalue weighted by atomic mass is 32.2. The molecular formula is C26H26F3N5O4S. The fourth-order valence-electron chi connectivity index (χ4n) is 5.25. The Morgan fingerprint density at radius 2 is 1.79 bits per heavy atom. The quantitative estimate of drug-likeness (QED) is 0.326. The molecule has 2 aliphatic rings. The third kappa shape index (κ3) is 5.37. The van der Waals surface area contributed by atoms with E-state index in [4.69, 9.17) is 14.6 Å². The number of hydrogen-bond acceptors (Lipinski definition) is 8. The van der Waals surface area contributed by atoms with Gasteiger partial charge in [0, 0.05) is 35.6 Å². The predicted octanol–water partition coefficient (Wildman–Crippen LogP) is 4.48. The molecule has 0 spiro atoms. The molecule has 2 fully saturated rings. The minimum Gasteiger partial charge on any atom is -0.406 e. The Labute approximate surface area is 222 Å². The van der Waals surface area contributed by atoms with Crippen LogP contribution in [0.3, 0.4) is 0 Å². The van der Waals surface area contributed by atoms with Crippen LogP contribution in [0.25, 0.3) is 28.1 Å². The molecule has 6 rings (SSSR count). The molecule has 13 heteroatoms. The second-order valence-corrected chi connectivity index (χ2v) is 12.5. The van der Waals surface area contributed by atoms with Crippen molar-refractivity contribution in [3.05, 3.63) is 53.9 Å². The van der Waals surface area contributed by atoms with Gasteiger partial charge in [-0.15, -0.1) is 13.2 Å². The molecule has 0 bridgehead atoms. The number of aryl methyl sites for hydroxylation is 2. The first-order valence-electron chi connectivity index (χ1n) is 12.6. The largest absolute Gasteiger partial charge is 0.573 e. The number of nitrogens with zero attached hydrogens (tertiary/aromatic N) is 5. The molecule has 0 unspecified atom stereocenters. The van der Waals surface area contributed by atoms with E-state index in [1.807, 2.05) is 12.1 Å². The Bertz CT molecular complexity index is 1610. The van der Waals surface area contributed by atoms with Gasteiger partial charge in [0.05, 0.1) is 22.9 Å². The molecule has 4 aromatic rings. The van der Waals surface area contributed by atoms with Gasteiger partial charge >= 0.3 is 6.36 Å². The summed E-state index contributed by atoms with van der Waals surface area (Å²) in [4.78, 5) is 7.12. The van der Waals surface area contributed by atoms with Crippen molar-refractivity contribution >= 4 is 20.9 Å². The van der Waals surface area contributed by atoms with Crippen LogP contribution in [0.1, 0.15) is 30.7 Å². The molecule has 39 heavy (non-hydrogen) atoms. The molecule has 0 amide bonds. The van der Waals surface area contributed by atoms with E-state index in [2.05, 4.69) is 14.8 Å². The van der Waals surface area contributed by atoms with E-state index in [1.54, 1.807) is 17.7 Å². The van der Waals surface area contributed by atoms with E-state index in [9.17, 15) is 21.6 Å². The first-order valence-corrected chi connectivity index (χ1v) is 14.5. The second kappa shape index (κ2) is 9.33. The topological polar surface area (TPSA) is 103 Å².